The number of sulfonamides is 1. The fourth-order valence-electron chi connectivity index (χ4n) is 4.11. The molecule has 2 aromatic rings. The van der Waals surface area contributed by atoms with E-state index in [1.54, 1.807) is 0 Å². The van der Waals surface area contributed by atoms with Crippen molar-refractivity contribution in [3.8, 4) is 5.75 Å². The Kier molecular flexibility index (Phi) is 8.67. The van der Waals surface area contributed by atoms with Gasteiger partial charge in [-0.25, -0.2) is 8.42 Å². The molecule has 3 rings (SSSR count). The highest BCUT2D eigenvalue weighted by molar-refractivity contribution is 7.88. The smallest absolute Gasteiger partial charge is 0.222 e. The summed E-state index contributed by atoms with van der Waals surface area (Å²) < 4.78 is 32.6. The number of nitrogens with zero attached hydrogens (tertiary/aromatic N) is 2. The highest BCUT2D eigenvalue weighted by Crippen LogP contribution is 2.27. The maximum absolute atomic E-state index is 12.7. The van der Waals surface area contributed by atoms with Crippen molar-refractivity contribution in [2.24, 2.45) is 0 Å². The Morgan fingerprint density at radius 1 is 1.03 bits per heavy atom. The summed E-state index contributed by atoms with van der Waals surface area (Å²) in [6, 6.07) is 16.8. The number of carbonyl (C=O) groups is 1. The summed E-state index contributed by atoms with van der Waals surface area (Å²) in [7, 11) is -3.50. The van der Waals surface area contributed by atoms with Gasteiger partial charge in [-0.2, -0.15) is 4.31 Å². The van der Waals surface area contributed by atoms with Crippen molar-refractivity contribution in [1.29, 1.82) is 0 Å². The molecular weight excluding hydrogens is 426 g/mol. The van der Waals surface area contributed by atoms with Gasteiger partial charge in [0.25, 0.3) is 0 Å². The second-order valence-corrected chi connectivity index (χ2v) is 9.96. The van der Waals surface area contributed by atoms with Gasteiger partial charge in [-0.05, 0) is 31.5 Å². The van der Waals surface area contributed by atoms with Gasteiger partial charge < -0.3 is 10.1 Å². The standard InChI is InChI=1S/C24H33N3O4S/c1-3-31-23-13-8-7-12-21(23)19-26-15-9-16-27(32(2,29)30)22(18-24(28)25-14-17-26)20-10-5-4-6-11-20/h4-8,10-13,22H,3,9,14-19H2,1-2H3,(H,25,28). The first kappa shape index (κ1) is 24.2. The van der Waals surface area contributed by atoms with Crippen LogP contribution in [0.2, 0.25) is 0 Å². The number of ether oxygens (including phenoxy) is 1. The molecule has 8 heteroatoms. The Morgan fingerprint density at radius 2 is 1.75 bits per heavy atom. The van der Waals surface area contributed by atoms with Gasteiger partial charge in [-0.3, -0.25) is 9.69 Å². The minimum Gasteiger partial charge on any atom is -0.494 e. The molecule has 1 heterocycles. The molecule has 1 saturated heterocycles. The molecular formula is C24H33N3O4S. The van der Waals surface area contributed by atoms with Crippen LogP contribution in [0.3, 0.4) is 0 Å². The zero-order valence-electron chi connectivity index (χ0n) is 18.9. The predicted octanol–water partition coefficient (Wildman–Crippen LogP) is 2.80. The highest BCUT2D eigenvalue weighted by atomic mass is 32.2. The third kappa shape index (κ3) is 6.79. The van der Waals surface area contributed by atoms with Crippen LogP contribution in [-0.4, -0.2) is 62.6 Å². The van der Waals surface area contributed by atoms with E-state index >= 15 is 0 Å². The van der Waals surface area contributed by atoms with Crippen LogP contribution in [0.25, 0.3) is 0 Å². The minimum absolute atomic E-state index is 0.101. The largest absolute Gasteiger partial charge is 0.494 e. The summed E-state index contributed by atoms with van der Waals surface area (Å²) in [6.07, 6.45) is 1.99. The number of nitrogens with one attached hydrogen (secondary N) is 1. The normalized spacial score (nSPS) is 19.7. The molecule has 1 fully saturated rings. The molecule has 1 unspecified atom stereocenters. The van der Waals surface area contributed by atoms with E-state index in [0.29, 0.717) is 45.8 Å². The van der Waals surface area contributed by atoms with Gasteiger partial charge in [0, 0.05) is 38.2 Å². The Morgan fingerprint density at radius 3 is 2.47 bits per heavy atom. The summed E-state index contributed by atoms with van der Waals surface area (Å²) >= 11 is 0. The van der Waals surface area contributed by atoms with Gasteiger partial charge >= 0.3 is 0 Å². The van der Waals surface area contributed by atoms with E-state index < -0.39 is 16.1 Å². The third-order valence-electron chi connectivity index (χ3n) is 5.61. The molecule has 0 spiro atoms. The van der Waals surface area contributed by atoms with Crippen LogP contribution in [0.1, 0.15) is 36.9 Å². The highest BCUT2D eigenvalue weighted by Gasteiger charge is 2.30. The SMILES string of the molecule is CCOc1ccccc1CN1CCCN(S(C)(=O)=O)C(c2ccccc2)CC(=O)NCC1. The summed E-state index contributed by atoms with van der Waals surface area (Å²) in [5.74, 6) is 0.708. The number of carbonyl (C=O) groups excluding carboxylic acids is 1. The van der Waals surface area contributed by atoms with Crippen LogP contribution in [0.4, 0.5) is 0 Å². The van der Waals surface area contributed by atoms with Crippen LogP contribution < -0.4 is 10.1 Å². The summed E-state index contributed by atoms with van der Waals surface area (Å²) in [5.41, 5.74) is 1.91. The minimum atomic E-state index is -3.50. The lowest BCUT2D eigenvalue weighted by atomic mass is 10.0. The molecule has 2 aromatic carbocycles. The number of hydrogen-bond donors (Lipinski definition) is 1. The van der Waals surface area contributed by atoms with E-state index in [4.69, 9.17) is 4.74 Å². The first-order valence-corrected chi connectivity index (χ1v) is 12.9. The molecule has 174 valence electrons. The van der Waals surface area contributed by atoms with Gasteiger partial charge in [0.1, 0.15) is 5.75 Å². The predicted molar refractivity (Wildman–Crippen MR) is 126 cm³/mol. The molecule has 1 N–H and O–H groups in total. The maximum atomic E-state index is 12.7. The fraction of sp³-hybridized carbons (Fsp3) is 0.458. The summed E-state index contributed by atoms with van der Waals surface area (Å²) in [4.78, 5) is 14.9. The number of hydrogen-bond acceptors (Lipinski definition) is 5. The summed E-state index contributed by atoms with van der Waals surface area (Å²) in [6.45, 7) is 5.49. The zero-order valence-corrected chi connectivity index (χ0v) is 19.7. The molecule has 0 aromatic heterocycles. The number of benzene rings is 2. The lowest BCUT2D eigenvalue weighted by Crippen LogP contribution is -2.38. The first-order chi connectivity index (χ1) is 15.4. The number of para-hydroxylation sites is 1. The van der Waals surface area contributed by atoms with Crippen LogP contribution >= 0.6 is 0 Å². The lowest BCUT2D eigenvalue weighted by Gasteiger charge is -2.30. The average Bonchev–Trinajstić information content (AvgIpc) is 2.79. The van der Waals surface area contributed by atoms with Crippen LogP contribution in [-0.2, 0) is 21.4 Å². The van der Waals surface area contributed by atoms with Gasteiger partial charge in [0.2, 0.25) is 15.9 Å². The van der Waals surface area contributed by atoms with Crippen molar-refractivity contribution in [2.45, 2.75) is 32.4 Å². The van der Waals surface area contributed by atoms with Crippen LogP contribution in [0.5, 0.6) is 5.75 Å². The van der Waals surface area contributed by atoms with E-state index in [2.05, 4.69) is 10.2 Å². The van der Waals surface area contributed by atoms with Crippen LogP contribution in [0.15, 0.2) is 54.6 Å². The van der Waals surface area contributed by atoms with Crippen LogP contribution in [0, 0.1) is 0 Å². The molecule has 32 heavy (non-hydrogen) atoms. The second-order valence-electron chi connectivity index (χ2n) is 8.02. The van der Waals surface area contributed by atoms with E-state index in [9.17, 15) is 13.2 Å². The van der Waals surface area contributed by atoms with Crippen molar-refractivity contribution in [3.05, 3.63) is 65.7 Å². The summed E-state index contributed by atoms with van der Waals surface area (Å²) in [5, 5.41) is 2.97. The Labute approximate surface area is 191 Å². The Bertz CT molecular complexity index is 982. The molecule has 1 amide bonds. The lowest BCUT2D eigenvalue weighted by molar-refractivity contribution is -0.122. The van der Waals surface area contributed by atoms with Gasteiger partial charge in [0.05, 0.1) is 18.9 Å². The van der Waals surface area contributed by atoms with Crippen molar-refractivity contribution in [3.63, 3.8) is 0 Å². The van der Waals surface area contributed by atoms with E-state index in [1.807, 2.05) is 61.5 Å². The van der Waals surface area contributed by atoms with E-state index in [1.165, 1.54) is 10.6 Å². The molecule has 0 bridgehead atoms. The fourth-order valence-corrected chi connectivity index (χ4v) is 5.23. The first-order valence-electron chi connectivity index (χ1n) is 11.1. The van der Waals surface area contributed by atoms with Gasteiger partial charge in [-0.15, -0.1) is 0 Å². The van der Waals surface area contributed by atoms with Crippen molar-refractivity contribution in [2.75, 3.05) is 39.0 Å². The van der Waals surface area contributed by atoms with Gasteiger partial charge in [-0.1, -0.05) is 48.5 Å². The molecule has 0 radical (unpaired) electrons. The molecule has 1 aliphatic heterocycles. The average molecular weight is 460 g/mol. The van der Waals surface area contributed by atoms with Crippen molar-refractivity contribution < 1.29 is 17.9 Å². The number of rotatable bonds is 6. The Hall–Kier alpha value is -2.42. The maximum Gasteiger partial charge on any atom is 0.222 e. The molecule has 0 aliphatic carbocycles. The van der Waals surface area contributed by atoms with Gasteiger partial charge in [0.15, 0.2) is 0 Å². The van der Waals surface area contributed by atoms with Crippen molar-refractivity contribution in [1.82, 2.24) is 14.5 Å². The molecule has 0 saturated carbocycles. The monoisotopic (exact) mass is 459 g/mol. The molecule has 1 aliphatic rings. The van der Waals surface area contributed by atoms with Crippen molar-refractivity contribution >= 4 is 15.9 Å². The second kappa shape index (κ2) is 11.4. The topological polar surface area (TPSA) is 79.0 Å². The van der Waals surface area contributed by atoms with E-state index in [-0.39, 0.29) is 12.3 Å². The zero-order chi connectivity index (χ0) is 23.0. The number of amides is 1. The molecule has 1 atom stereocenters. The van der Waals surface area contributed by atoms with E-state index in [0.717, 1.165) is 16.9 Å². The molecule has 7 nitrogen and oxygen atoms in total. The quantitative estimate of drug-likeness (QED) is 0.719. The Balaban J connectivity index is 1.81. The third-order valence-corrected chi connectivity index (χ3v) is 6.90.